The van der Waals surface area contributed by atoms with Crippen LogP contribution in [0.5, 0.6) is 0 Å². The lowest BCUT2D eigenvalue weighted by Crippen LogP contribution is -2.40. The van der Waals surface area contributed by atoms with Crippen LogP contribution in [0, 0.1) is 17.2 Å². The second-order valence-corrected chi connectivity index (χ2v) is 10.7. The molecule has 1 unspecified atom stereocenters. The molecule has 10 nitrogen and oxygen atoms in total. The molecule has 1 N–H and O–H groups in total. The topological polar surface area (TPSA) is 112 Å². The summed E-state index contributed by atoms with van der Waals surface area (Å²) in [5.41, 5.74) is 4.41. The lowest BCUT2D eigenvalue weighted by molar-refractivity contribution is 0.0657. The minimum atomic E-state index is -0.0675. The van der Waals surface area contributed by atoms with Gasteiger partial charge in [-0.05, 0) is 61.2 Å². The Balaban J connectivity index is 1.10. The van der Waals surface area contributed by atoms with Gasteiger partial charge < -0.3 is 19.9 Å². The van der Waals surface area contributed by atoms with Gasteiger partial charge in [0.2, 0.25) is 5.95 Å². The van der Waals surface area contributed by atoms with Gasteiger partial charge in [0.25, 0.3) is 5.91 Å². The van der Waals surface area contributed by atoms with Gasteiger partial charge >= 0.3 is 0 Å². The molecule has 2 aromatic carbocycles. The van der Waals surface area contributed by atoms with E-state index in [-0.39, 0.29) is 17.9 Å². The van der Waals surface area contributed by atoms with Gasteiger partial charge in [-0.1, -0.05) is 18.2 Å². The Morgan fingerprint density at radius 2 is 1.79 bits per heavy atom. The van der Waals surface area contributed by atoms with E-state index in [0.29, 0.717) is 31.0 Å². The van der Waals surface area contributed by atoms with Crippen LogP contribution in [0.1, 0.15) is 35.7 Å². The van der Waals surface area contributed by atoms with E-state index < -0.39 is 0 Å². The van der Waals surface area contributed by atoms with Crippen LogP contribution in [0.2, 0.25) is 0 Å². The van der Waals surface area contributed by atoms with Crippen LogP contribution in [0.25, 0.3) is 11.3 Å². The third-order valence-corrected chi connectivity index (χ3v) is 8.08. The van der Waals surface area contributed by atoms with E-state index in [1.54, 1.807) is 12.4 Å². The molecule has 2 aromatic heterocycles. The molecule has 0 radical (unpaired) electrons. The predicted octanol–water partition coefficient (Wildman–Crippen LogP) is 4.93. The maximum absolute atomic E-state index is 12.9. The van der Waals surface area contributed by atoms with Crippen molar-refractivity contribution in [3.05, 3.63) is 84.8 Å². The molecular weight excluding hydrogens is 528 g/mol. The summed E-state index contributed by atoms with van der Waals surface area (Å²) >= 11 is 0. The summed E-state index contributed by atoms with van der Waals surface area (Å²) in [6.45, 7) is 4.64. The first kappa shape index (κ1) is 27.4. The molecule has 4 heterocycles. The normalized spacial score (nSPS) is 16.5. The van der Waals surface area contributed by atoms with Crippen molar-refractivity contribution in [2.75, 3.05) is 49.6 Å². The average molecular weight is 563 g/mol. The van der Waals surface area contributed by atoms with Crippen LogP contribution >= 0.6 is 0 Å². The standard InChI is InChI=1S/C32H34N8O2/c33-14-10-30(24-12-16-39(17-13-24)31(41)25-4-2-1-3-5-25)40-23-26(22-35-40)29-11-15-34-32(37-29)36-27-6-8-28(9-7-27)38-18-20-42-21-19-38/h1-9,11,15,22-24,30H,10,12-13,16-21H2,(H,34,36,37). The molecule has 4 aromatic rings. The van der Waals surface area contributed by atoms with Crippen molar-refractivity contribution in [2.24, 2.45) is 5.92 Å². The Labute approximate surface area is 245 Å². The van der Waals surface area contributed by atoms with E-state index in [0.717, 1.165) is 56.1 Å². The van der Waals surface area contributed by atoms with E-state index in [4.69, 9.17) is 9.72 Å². The number of piperidine rings is 1. The van der Waals surface area contributed by atoms with Crippen molar-refractivity contribution in [1.29, 1.82) is 5.26 Å². The molecule has 10 heteroatoms. The van der Waals surface area contributed by atoms with Crippen molar-refractivity contribution >= 4 is 23.2 Å². The zero-order valence-corrected chi connectivity index (χ0v) is 23.5. The number of carbonyl (C=O) groups excluding carboxylic acids is 1. The SMILES string of the molecule is N#CCC(C1CCN(C(=O)c2ccccc2)CC1)n1cc(-c2ccnc(Nc3ccc(N4CCOCC4)cc3)n2)cn1. The third-order valence-electron chi connectivity index (χ3n) is 8.08. The second-order valence-electron chi connectivity index (χ2n) is 10.7. The summed E-state index contributed by atoms with van der Waals surface area (Å²) in [7, 11) is 0. The Kier molecular flexibility index (Phi) is 8.38. The van der Waals surface area contributed by atoms with Gasteiger partial charge in [-0.3, -0.25) is 9.48 Å². The van der Waals surface area contributed by atoms with E-state index >= 15 is 0 Å². The van der Waals surface area contributed by atoms with Crippen molar-refractivity contribution in [1.82, 2.24) is 24.6 Å². The number of ether oxygens (including phenoxy) is 1. The molecule has 6 rings (SSSR count). The highest BCUT2D eigenvalue weighted by atomic mass is 16.5. The lowest BCUT2D eigenvalue weighted by Gasteiger charge is -2.35. The summed E-state index contributed by atoms with van der Waals surface area (Å²) < 4.78 is 7.35. The molecule has 42 heavy (non-hydrogen) atoms. The summed E-state index contributed by atoms with van der Waals surface area (Å²) in [4.78, 5) is 26.3. The number of aromatic nitrogens is 4. The number of hydrogen-bond acceptors (Lipinski definition) is 8. The molecule has 0 saturated carbocycles. The highest BCUT2D eigenvalue weighted by Crippen LogP contribution is 2.32. The number of benzene rings is 2. The number of nitrogens with zero attached hydrogens (tertiary/aromatic N) is 7. The molecule has 2 aliphatic heterocycles. The minimum absolute atomic E-state index is 0.0634. The molecule has 1 atom stereocenters. The van der Waals surface area contributed by atoms with Gasteiger partial charge in [0.1, 0.15) is 0 Å². The van der Waals surface area contributed by atoms with E-state index in [9.17, 15) is 10.1 Å². The first-order valence-electron chi connectivity index (χ1n) is 14.5. The van der Waals surface area contributed by atoms with Crippen LogP contribution in [0.4, 0.5) is 17.3 Å². The van der Waals surface area contributed by atoms with Gasteiger partial charge in [-0.2, -0.15) is 10.4 Å². The number of nitrogens with one attached hydrogen (secondary N) is 1. The van der Waals surface area contributed by atoms with Gasteiger partial charge in [0.15, 0.2) is 0 Å². The maximum Gasteiger partial charge on any atom is 0.253 e. The zero-order chi connectivity index (χ0) is 28.7. The van der Waals surface area contributed by atoms with Gasteiger partial charge in [0, 0.05) is 61.1 Å². The Morgan fingerprint density at radius 1 is 1.02 bits per heavy atom. The number of anilines is 3. The molecule has 2 fully saturated rings. The number of hydrogen-bond donors (Lipinski definition) is 1. The fourth-order valence-corrected chi connectivity index (χ4v) is 5.76. The van der Waals surface area contributed by atoms with E-state index in [1.165, 1.54) is 5.69 Å². The summed E-state index contributed by atoms with van der Waals surface area (Å²) in [5.74, 6) is 0.817. The van der Waals surface area contributed by atoms with E-state index in [1.807, 2.05) is 64.3 Å². The highest BCUT2D eigenvalue weighted by molar-refractivity contribution is 5.94. The first-order chi connectivity index (χ1) is 20.7. The number of amides is 1. The molecule has 0 aliphatic carbocycles. The van der Waals surface area contributed by atoms with Crippen molar-refractivity contribution in [3.8, 4) is 17.3 Å². The number of nitriles is 1. The first-order valence-corrected chi connectivity index (χ1v) is 14.5. The minimum Gasteiger partial charge on any atom is -0.378 e. The summed E-state index contributed by atoms with van der Waals surface area (Å²) in [6.07, 6.45) is 7.50. The fraction of sp³-hybridized carbons (Fsp3) is 0.344. The third kappa shape index (κ3) is 6.26. The fourth-order valence-electron chi connectivity index (χ4n) is 5.76. The van der Waals surface area contributed by atoms with Crippen molar-refractivity contribution in [2.45, 2.75) is 25.3 Å². The average Bonchev–Trinajstić information content (AvgIpc) is 3.55. The van der Waals surface area contributed by atoms with Crippen molar-refractivity contribution < 1.29 is 9.53 Å². The Bertz CT molecular complexity index is 1520. The molecule has 214 valence electrons. The summed E-state index contributed by atoms with van der Waals surface area (Å²) in [6, 6.07) is 21.8. The number of carbonyl (C=O) groups is 1. The quantitative estimate of drug-likeness (QED) is 0.322. The maximum atomic E-state index is 12.9. The number of likely N-dealkylation sites (tertiary alicyclic amines) is 1. The number of morpholine rings is 1. The van der Waals surface area contributed by atoms with Crippen LogP contribution in [-0.4, -0.2) is 69.9 Å². The largest absolute Gasteiger partial charge is 0.378 e. The van der Waals surface area contributed by atoms with Crippen LogP contribution in [0.15, 0.2) is 79.3 Å². The molecule has 0 spiro atoms. The van der Waals surface area contributed by atoms with Crippen LogP contribution in [-0.2, 0) is 4.74 Å². The second kappa shape index (κ2) is 12.8. The van der Waals surface area contributed by atoms with Crippen LogP contribution < -0.4 is 10.2 Å². The Morgan fingerprint density at radius 3 is 2.52 bits per heavy atom. The smallest absolute Gasteiger partial charge is 0.253 e. The van der Waals surface area contributed by atoms with Gasteiger partial charge in [0.05, 0.1) is 43.6 Å². The van der Waals surface area contributed by atoms with Gasteiger partial charge in [-0.25, -0.2) is 9.97 Å². The van der Waals surface area contributed by atoms with Crippen molar-refractivity contribution in [3.63, 3.8) is 0 Å². The summed E-state index contributed by atoms with van der Waals surface area (Å²) in [5, 5.41) is 17.6. The molecule has 2 aliphatic rings. The predicted molar refractivity (Wildman–Crippen MR) is 160 cm³/mol. The van der Waals surface area contributed by atoms with E-state index in [2.05, 4.69) is 38.5 Å². The lowest BCUT2D eigenvalue weighted by atomic mass is 9.87. The highest BCUT2D eigenvalue weighted by Gasteiger charge is 2.30. The van der Waals surface area contributed by atoms with Crippen LogP contribution in [0.3, 0.4) is 0 Å². The molecular formula is C32H34N8O2. The number of rotatable bonds is 8. The molecule has 2 saturated heterocycles. The molecule has 1 amide bonds. The molecule has 0 bridgehead atoms. The van der Waals surface area contributed by atoms with Gasteiger partial charge in [-0.15, -0.1) is 0 Å². The Hall–Kier alpha value is -4.75. The zero-order valence-electron chi connectivity index (χ0n) is 23.5. The monoisotopic (exact) mass is 562 g/mol.